The Balaban J connectivity index is 4.03. The lowest BCUT2D eigenvalue weighted by atomic mass is 10.8. The number of carbonyl (C=O) groups excluding carboxylic acids is 2. The van der Waals surface area contributed by atoms with Crippen LogP contribution in [0.5, 0.6) is 0 Å². The Hall–Kier alpha value is -0.280. The molecule has 0 bridgehead atoms. The van der Waals surface area contributed by atoms with Crippen LogP contribution in [-0.4, -0.2) is 22.6 Å². The Labute approximate surface area is 77.1 Å². The van der Waals surface area contributed by atoms with Crippen LogP contribution in [0.4, 0.5) is 4.79 Å². The summed E-state index contributed by atoms with van der Waals surface area (Å²) in [6.45, 7) is 0. The standard InChI is InChI=1S/C4H2Cl3NO3/c5-1-4(6,7)11-3(10)8-2-9/h1H2. The third-order valence-electron chi connectivity index (χ3n) is 0.529. The summed E-state index contributed by atoms with van der Waals surface area (Å²) in [5, 5.41) is 0. The molecule has 0 rings (SSSR count). The molecule has 0 aromatic rings. The van der Waals surface area contributed by atoms with Gasteiger partial charge in [-0.1, -0.05) is 28.2 Å². The number of aliphatic imine (C=N–C) groups is 1. The van der Waals surface area contributed by atoms with Gasteiger partial charge in [-0.05, 0) is 0 Å². The first kappa shape index (κ1) is 10.7. The number of hydrogen-bond acceptors (Lipinski definition) is 3. The molecule has 0 spiro atoms. The summed E-state index contributed by atoms with van der Waals surface area (Å²) in [6, 6.07) is 0. The van der Waals surface area contributed by atoms with Crippen LogP contribution in [0.1, 0.15) is 0 Å². The van der Waals surface area contributed by atoms with Crippen LogP contribution >= 0.6 is 34.8 Å². The van der Waals surface area contributed by atoms with Crippen molar-refractivity contribution in [3.63, 3.8) is 0 Å². The number of rotatable bonds is 2. The average Bonchev–Trinajstić information content (AvgIpc) is 1.87. The van der Waals surface area contributed by atoms with Crippen molar-refractivity contribution in [3.8, 4) is 0 Å². The Morgan fingerprint density at radius 3 is 2.55 bits per heavy atom. The Morgan fingerprint density at radius 1 is 1.64 bits per heavy atom. The molecule has 0 aromatic heterocycles. The van der Waals surface area contributed by atoms with Gasteiger partial charge in [-0.15, -0.1) is 11.6 Å². The van der Waals surface area contributed by atoms with Crippen LogP contribution in [0.2, 0.25) is 0 Å². The molecule has 0 unspecified atom stereocenters. The number of hydrogen-bond donors (Lipinski definition) is 0. The molecule has 0 saturated heterocycles. The van der Waals surface area contributed by atoms with E-state index in [0.717, 1.165) is 6.08 Å². The minimum atomic E-state index is -1.85. The molecule has 62 valence electrons. The maximum Gasteiger partial charge on any atom is 0.447 e. The zero-order valence-electron chi connectivity index (χ0n) is 5.01. The van der Waals surface area contributed by atoms with Gasteiger partial charge < -0.3 is 4.74 Å². The monoisotopic (exact) mass is 217 g/mol. The molecule has 0 radical (unpaired) electrons. The summed E-state index contributed by atoms with van der Waals surface area (Å²) in [6.07, 6.45) is -0.277. The Kier molecular flexibility index (Phi) is 4.45. The fraction of sp³-hybridized carbons (Fsp3) is 0.500. The van der Waals surface area contributed by atoms with Crippen LogP contribution in [0.3, 0.4) is 0 Å². The van der Waals surface area contributed by atoms with E-state index in [9.17, 15) is 9.59 Å². The molecule has 0 heterocycles. The molecule has 0 aliphatic carbocycles. The number of alkyl halides is 3. The topological polar surface area (TPSA) is 55.7 Å². The maximum absolute atomic E-state index is 10.3. The normalized spacial score (nSPS) is 10.1. The largest absolute Gasteiger partial charge is 0.447 e. The van der Waals surface area contributed by atoms with Gasteiger partial charge in [0.2, 0.25) is 6.08 Å². The highest BCUT2D eigenvalue weighted by atomic mass is 35.5. The number of amides is 1. The van der Waals surface area contributed by atoms with Gasteiger partial charge in [0.1, 0.15) is 0 Å². The summed E-state index contributed by atoms with van der Waals surface area (Å²) in [5.74, 6) is -0.323. The van der Waals surface area contributed by atoms with E-state index in [-0.39, 0.29) is 5.88 Å². The van der Waals surface area contributed by atoms with Crippen molar-refractivity contribution < 1.29 is 14.3 Å². The number of carbonyl (C=O) groups is 1. The molecule has 0 atom stereocenters. The fourth-order valence-electron chi connectivity index (χ4n) is 0.215. The predicted octanol–water partition coefficient (Wildman–Crippen LogP) is 1.83. The van der Waals surface area contributed by atoms with E-state index in [1.54, 1.807) is 0 Å². The second kappa shape index (κ2) is 4.57. The molecule has 7 heteroatoms. The Bertz CT molecular complexity index is 199. The van der Waals surface area contributed by atoms with Gasteiger partial charge in [-0.3, -0.25) is 0 Å². The lowest BCUT2D eigenvalue weighted by molar-refractivity contribution is 0.135. The number of ether oxygens (including phenoxy) is 1. The molecule has 0 N–H and O–H groups in total. The van der Waals surface area contributed by atoms with Crippen LogP contribution in [0.15, 0.2) is 4.99 Å². The van der Waals surface area contributed by atoms with E-state index in [4.69, 9.17) is 34.8 Å². The van der Waals surface area contributed by atoms with E-state index in [0.29, 0.717) is 0 Å². The molecule has 0 aromatic carbocycles. The summed E-state index contributed by atoms with van der Waals surface area (Å²) in [5.41, 5.74) is 0. The van der Waals surface area contributed by atoms with Crippen molar-refractivity contribution in [1.29, 1.82) is 0 Å². The van der Waals surface area contributed by atoms with E-state index < -0.39 is 10.6 Å². The molecule has 1 amide bonds. The van der Waals surface area contributed by atoms with Crippen molar-refractivity contribution >= 4 is 47.0 Å². The average molecular weight is 218 g/mol. The smallest absolute Gasteiger partial charge is 0.409 e. The Morgan fingerprint density at radius 2 is 2.18 bits per heavy atom. The molecule has 4 nitrogen and oxygen atoms in total. The molecule has 0 saturated carbocycles. The van der Waals surface area contributed by atoms with Crippen LogP contribution < -0.4 is 0 Å². The first-order valence-corrected chi connectivity index (χ1v) is 3.55. The van der Waals surface area contributed by atoms with E-state index in [2.05, 4.69) is 9.73 Å². The molecule has 11 heavy (non-hydrogen) atoms. The van der Waals surface area contributed by atoms with Gasteiger partial charge >= 0.3 is 6.09 Å². The third-order valence-corrected chi connectivity index (χ3v) is 1.60. The fourth-order valence-corrected chi connectivity index (χ4v) is 0.402. The first-order chi connectivity index (χ1) is 5.02. The summed E-state index contributed by atoms with van der Waals surface area (Å²) < 4.78 is 2.31. The zero-order chi connectivity index (χ0) is 8.91. The lowest BCUT2D eigenvalue weighted by Gasteiger charge is -2.13. The van der Waals surface area contributed by atoms with Gasteiger partial charge in [0, 0.05) is 0 Å². The minimum Gasteiger partial charge on any atom is -0.409 e. The van der Waals surface area contributed by atoms with Crippen LogP contribution in [-0.2, 0) is 9.53 Å². The second-order valence-corrected chi connectivity index (χ2v) is 3.02. The van der Waals surface area contributed by atoms with Gasteiger partial charge in [0.05, 0.1) is 5.88 Å². The van der Waals surface area contributed by atoms with Gasteiger partial charge in [0.15, 0.2) is 0 Å². The van der Waals surface area contributed by atoms with Gasteiger partial charge in [0.25, 0.3) is 4.52 Å². The highest BCUT2D eigenvalue weighted by Crippen LogP contribution is 2.24. The maximum atomic E-state index is 10.3. The van der Waals surface area contributed by atoms with Crippen molar-refractivity contribution in [1.82, 2.24) is 0 Å². The molecular weight excluding hydrogens is 216 g/mol. The number of nitrogens with zero attached hydrogens (tertiary/aromatic N) is 1. The van der Waals surface area contributed by atoms with Crippen molar-refractivity contribution in [2.75, 3.05) is 5.88 Å². The van der Waals surface area contributed by atoms with Crippen LogP contribution in [0, 0.1) is 0 Å². The minimum absolute atomic E-state index is 0.323. The summed E-state index contributed by atoms with van der Waals surface area (Å²) >= 11 is 15.7. The lowest BCUT2D eigenvalue weighted by Crippen LogP contribution is -2.22. The zero-order valence-corrected chi connectivity index (χ0v) is 7.28. The predicted molar refractivity (Wildman–Crippen MR) is 39.8 cm³/mol. The van der Waals surface area contributed by atoms with Crippen molar-refractivity contribution in [2.45, 2.75) is 4.52 Å². The summed E-state index contributed by atoms with van der Waals surface area (Å²) in [4.78, 5) is 22.4. The van der Waals surface area contributed by atoms with E-state index in [1.165, 1.54) is 0 Å². The molecule has 0 fully saturated rings. The van der Waals surface area contributed by atoms with Crippen molar-refractivity contribution in [2.24, 2.45) is 4.99 Å². The number of halogens is 3. The summed E-state index contributed by atoms with van der Waals surface area (Å²) in [7, 11) is 0. The SMILES string of the molecule is O=C=NC(=O)OC(Cl)(Cl)CCl. The highest BCUT2D eigenvalue weighted by molar-refractivity contribution is 6.50. The third kappa shape index (κ3) is 5.04. The van der Waals surface area contributed by atoms with Gasteiger partial charge in [-0.25, -0.2) is 9.59 Å². The van der Waals surface area contributed by atoms with Crippen LogP contribution in [0.25, 0.3) is 0 Å². The highest BCUT2D eigenvalue weighted by Gasteiger charge is 2.27. The van der Waals surface area contributed by atoms with Gasteiger partial charge in [-0.2, -0.15) is 0 Å². The molecule has 0 aliphatic heterocycles. The molecule has 0 aliphatic rings. The van der Waals surface area contributed by atoms with E-state index >= 15 is 0 Å². The number of isocyanates is 1. The second-order valence-electron chi connectivity index (χ2n) is 1.34. The quantitative estimate of drug-likeness (QED) is 0.404. The first-order valence-electron chi connectivity index (χ1n) is 2.26. The molecular formula is C4H2Cl3NO3. The van der Waals surface area contributed by atoms with E-state index in [1.807, 2.05) is 0 Å². The van der Waals surface area contributed by atoms with Crippen molar-refractivity contribution in [3.05, 3.63) is 0 Å².